The third-order valence-electron chi connectivity index (χ3n) is 2.31. The maximum absolute atomic E-state index is 4.50. The van der Waals surface area contributed by atoms with Crippen molar-refractivity contribution in [1.29, 1.82) is 0 Å². The highest BCUT2D eigenvalue weighted by atomic mass is 15.0. The van der Waals surface area contributed by atoms with Crippen molar-refractivity contribution in [1.82, 2.24) is 15.0 Å². The Balaban J connectivity index is 2.63. The van der Waals surface area contributed by atoms with E-state index in [1.807, 2.05) is 12.4 Å². The van der Waals surface area contributed by atoms with Crippen LogP contribution in [0.4, 0.5) is 0 Å². The van der Waals surface area contributed by atoms with Gasteiger partial charge in [-0.15, -0.1) is 0 Å². The van der Waals surface area contributed by atoms with Gasteiger partial charge < -0.3 is 4.98 Å². The van der Waals surface area contributed by atoms with E-state index in [0.717, 1.165) is 16.9 Å². The van der Waals surface area contributed by atoms with Crippen LogP contribution >= 0.6 is 0 Å². The molecule has 3 heteroatoms. The van der Waals surface area contributed by atoms with E-state index in [-0.39, 0.29) is 5.41 Å². The van der Waals surface area contributed by atoms with E-state index in [1.54, 1.807) is 0 Å². The second kappa shape index (κ2) is 2.80. The minimum absolute atomic E-state index is 0.00715. The van der Waals surface area contributed by atoms with Crippen molar-refractivity contribution in [3.05, 3.63) is 23.8 Å². The van der Waals surface area contributed by atoms with Gasteiger partial charge in [-0.25, -0.2) is 9.97 Å². The first-order chi connectivity index (χ1) is 6.48. The zero-order valence-corrected chi connectivity index (χ0v) is 9.05. The molecule has 0 unspecified atom stereocenters. The summed E-state index contributed by atoms with van der Waals surface area (Å²) in [5.41, 5.74) is 2.13. The summed E-state index contributed by atoms with van der Waals surface area (Å²) in [6.45, 7) is 8.40. The molecule has 2 rings (SSSR count). The van der Waals surface area contributed by atoms with Crippen LogP contribution in [-0.2, 0) is 5.41 Å². The third kappa shape index (κ3) is 1.39. The molecule has 0 atom stereocenters. The Labute approximate surface area is 83.6 Å². The number of hydrogen-bond donors (Lipinski definition) is 1. The molecule has 0 fully saturated rings. The van der Waals surface area contributed by atoms with Crippen LogP contribution in [0.1, 0.15) is 32.2 Å². The van der Waals surface area contributed by atoms with E-state index in [1.165, 1.54) is 5.56 Å². The summed E-state index contributed by atoms with van der Waals surface area (Å²) in [6.07, 6.45) is 3.86. The fraction of sp³-hybridized carbons (Fsp3) is 0.455. The molecular formula is C11H15N3. The van der Waals surface area contributed by atoms with Crippen molar-refractivity contribution >= 4 is 11.0 Å². The quantitative estimate of drug-likeness (QED) is 0.692. The molecule has 2 heterocycles. The van der Waals surface area contributed by atoms with Gasteiger partial charge in [-0.05, 0) is 12.5 Å². The molecule has 0 aliphatic carbocycles. The van der Waals surface area contributed by atoms with Crippen LogP contribution in [-0.4, -0.2) is 15.0 Å². The molecule has 0 bridgehead atoms. The summed E-state index contributed by atoms with van der Waals surface area (Å²) < 4.78 is 0. The van der Waals surface area contributed by atoms with E-state index in [2.05, 4.69) is 42.6 Å². The monoisotopic (exact) mass is 189 g/mol. The summed E-state index contributed by atoms with van der Waals surface area (Å²) in [5, 5.41) is 1.11. The Morgan fingerprint density at radius 1 is 1.29 bits per heavy atom. The fourth-order valence-corrected chi connectivity index (χ4v) is 1.40. The molecule has 0 aliphatic heterocycles. The van der Waals surface area contributed by atoms with Gasteiger partial charge in [-0.2, -0.15) is 0 Å². The molecule has 0 saturated carbocycles. The third-order valence-corrected chi connectivity index (χ3v) is 2.31. The zero-order chi connectivity index (χ0) is 10.3. The smallest absolute Gasteiger partial charge is 0.141 e. The standard InChI is InChI=1S/C11H15N3/c1-7-5-12-9-8(7)6-13-10(14-9)11(2,3)4/h5-6H,1-4H3,(H,12,13,14). The molecule has 14 heavy (non-hydrogen) atoms. The van der Waals surface area contributed by atoms with Crippen LogP contribution in [0.3, 0.4) is 0 Å². The number of nitrogens with zero attached hydrogens (tertiary/aromatic N) is 2. The summed E-state index contributed by atoms with van der Waals surface area (Å²) in [5.74, 6) is 0.881. The zero-order valence-electron chi connectivity index (χ0n) is 9.05. The number of aromatic nitrogens is 3. The van der Waals surface area contributed by atoms with Gasteiger partial charge in [0, 0.05) is 23.2 Å². The van der Waals surface area contributed by atoms with E-state index in [9.17, 15) is 0 Å². The van der Waals surface area contributed by atoms with Crippen LogP contribution in [0.5, 0.6) is 0 Å². The average Bonchev–Trinajstić information content (AvgIpc) is 2.46. The average molecular weight is 189 g/mol. The molecule has 1 N–H and O–H groups in total. The van der Waals surface area contributed by atoms with Crippen LogP contribution < -0.4 is 0 Å². The Kier molecular flexibility index (Phi) is 1.84. The first-order valence-electron chi connectivity index (χ1n) is 4.80. The van der Waals surface area contributed by atoms with E-state index in [0.29, 0.717) is 0 Å². The molecule has 0 aromatic carbocycles. The highest BCUT2D eigenvalue weighted by Crippen LogP contribution is 2.21. The molecular weight excluding hydrogens is 174 g/mol. The van der Waals surface area contributed by atoms with Gasteiger partial charge >= 0.3 is 0 Å². The number of nitrogens with one attached hydrogen (secondary N) is 1. The van der Waals surface area contributed by atoms with Gasteiger partial charge in [0.25, 0.3) is 0 Å². The molecule has 2 aromatic rings. The van der Waals surface area contributed by atoms with Crippen molar-refractivity contribution < 1.29 is 0 Å². The lowest BCUT2D eigenvalue weighted by Gasteiger charge is -2.15. The lowest BCUT2D eigenvalue weighted by molar-refractivity contribution is 0.548. The summed E-state index contributed by atoms with van der Waals surface area (Å²) in [7, 11) is 0. The summed E-state index contributed by atoms with van der Waals surface area (Å²) in [6, 6.07) is 0. The van der Waals surface area contributed by atoms with Crippen molar-refractivity contribution in [2.45, 2.75) is 33.1 Å². The molecule has 0 radical (unpaired) electrons. The number of aromatic amines is 1. The molecule has 74 valence electrons. The lowest BCUT2D eigenvalue weighted by Crippen LogP contribution is -2.15. The molecule has 0 spiro atoms. The van der Waals surface area contributed by atoms with Crippen molar-refractivity contribution in [2.24, 2.45) is 0 Å². The Morgan fingerprint density at radius 3 is 2.64 bits per heavy atom. The maximum atomic E-state index is 4.50. The van der Waals surface area contributed by atoms with Gasteiger partial charge in [0.1, 0.15) is 11.5 Å². The Morgan fingerprint density at radius 2 is 2.00 bits per heavy atom. The normalized spacial score (nSPS) is 12.3. The van der Waals surface area contributed by atoms with E-state index < -0.39 is 0 Å². The van der Waals surface area contributed by atoms with Gasteiger partial charge in [-0.1, -0.05) is 20.8 Å². The maximum Gasteiger partial charge on any atom is 0.141 e. The highest BCUT2D eigenvalue weighted by Gasteiger charge is 2.17. The molecule has 0 amide bonds. The van der Waals surface area contributed by atoms with Crippen LogP contribution in [0.25, 0.3) is 11.0 Å². The SMILES string of the molecule is Cc1c[nH]c2nc(C(C)(C)C)ncc12. The second-order valence-electron chi connectivity index (χ2n) is 4.68. The van der Waals surface area contributed by atoms with Crippen molar-refractivity contribution in [2.75, 3.05) is 0 Å². The highest BCUT2D eigenvalue weighted by molar-refractivity contribution is 5.78. The first kappa shape index (κ1) is 9.19. The fourth-order valence-electron chi connectivity index (χ4n) is 1.40. The van der Waals surface area contributed by atoms with Crippen molar-refractivity contribution in [3.63, 3.8) is 0 Å². The van der Waals surface area contributed by atoms with Gasteiger partial charge in [0.05, 0.1) is 0 Å². The molecule has 0 saturated heterocycles. The number of rotatable bonds is 0. The lowest BCUT2D eigenvalue weighted by atomic mass is 9.96. The Hall–Kier alpha value is -1.38. The number of fused-ring (bicyclic) bond motifs is 1. The topological polar surface area (TPSA) is 41.6 Å². The minimum atomic E-state index is 0.00715. The second-order valence-corrected chi connectivity index (χ2v) is 4.68. The number of hydrogen-bond acceptors (Lipinski definition) is 2. The van der Waals surface area contributed by atoms with E-state index >= 15 is 0 Å². The van der Waals surface area contributed by atoms with Crippen molar-refractivity contribution in [3.8, 4) is 0 Å². The molecule has 0 aliphatic rings. The summed E-state index contributed by atoms with van der Waals surface area (Å²) in [4.78, 5) is 12.0. The van der Waals surface area contributed by atoms with Crippen LogP contribution in [0.2, 0.25) is 0 Å². The van der Waals surface area contributed by atoms with Crippen LogP contribution in [0, 0.1) is 6.92 Å². The van der Waals surface area contributed by atoms with E-state index in [4.69, 9.17) is 0 Å². The van der Waals surface area contributed by atoms with Crippen LogP contribution in [0.15, 0.2) is 12.4 Å². The largest absolute Gasteiger partial charge is 0.346 e. The summed E-state index contributed by atoms with van der Waals surface area (Å²) >= 11 is 0. The Bertz CT molecular complexity index is 463. The number of H-pyrrole nitrogens is 1. The van der Waals surface area contributed by atoms with Gasteiger partial charge in [0.15, 0.2) is 0 Å². The predicted octanol–water partition coefficient (Wildman–Crippen LogP) is 2.56. The number of aryl methyl sites for hydroxylation is 1. The molecule has 3 nitrogen and oxygen atoms in total. The predicted molar refractivity (Wildman–Crippen MR) is 57.3 cm³/mol. The van der Waals surface area contributed by atoms with Gasteiger partial charge in [0.2, 0.25) is 0 Å². The van der Waals surface area contributed by atoms with Gasteiger partial charge in [-0.3, -0.25) is 0 Å². The first-order valence-corrected chi connectivity index (χ1v) is 4.80. The minimum Gasteiger partial charge on any atom is -0.346 e. The molecule has 2 aromatic heterocycles.